The number of ether oxygens (including phenoxy) is 1. The summed E-state index contributed by atoms with van der Waals surface area (Å²) in [5.74, 6) is 0.665. The number of carbonyl (C=O) groups is 3. The van der Waals surface area contributed by atoms with E-state index in [-0.39, 0.29) is 30.6 Å². The molecule has 166 valence electrons. The SMILES string of the molecule is CC(C)C[C@H](NC(=O)OCc1ccccc1)C(=O)NCC(=O)CSCc1cccnc1. The van der Waals surface area contributed by atoms with E-state index in [1.165, 1.54) is 11.8 Å². The van der Waals surface area contributed by atoms with Crippen LogP contribution < -0.4 is 10.6 Å². The molecule has 0 spiro atoms. The van der Waals surface area contributed by atoms with Crippen LogP contribution in [0.4, 0.5) is 4.79 Å². The van der Waals surface area contributed by atoms with Gasteiger partial charge in [-0.05, 0) is 29.5 Å². The molecule has 0 aliphatic rings. The summed E-state index contributed by atoms with van der Waals surface area (Å²) in [6.07, 6.45) is 3.24. The van der Waals surface area contributed by atoms with E-state index in [4.69, 9.17) is 4.74 Å². The second-order valence-electron chi connectivity index (χ2n) is 7.50. The maximum Gasteiger partial charge on any atom is 0.408 e. The molecule has 2 rings (SSSR count). The maximum atomic E-state index is 12.5. The Morgan fingerprint density at radius 2 is 1.81 bits per heavy atom. The third-order valence-electron chi connectivity index (χ3n) is 4.24. The number of pyridine rings is 1. The maximum absolute atomic E-state index is 12.5. The van der Waals surface area contributed by atoms with Crippen molar-refractivity contribution in [2.45, 2.75) is 38.7 Å². The van der Waals surface area contributed by atoms with Crippen molar-refractivity contribution >= 4 is 29.5 Å². The summed E-state index contributed by atoms with van der Waals surface area (Å²) in [4.78, 5) is 40.8. The Hall–Kier alpha value is -2.87. The average molecular weight is 444 g/mol. The van der Waals surface area contributed by atoms with E-state index in [0.717, 1.165) is 11.1 Å². The van der Waals surface area contributed by atoms with Gasteiger partial charge in [0.2, 0.25) is 5.91 Å². The Morgan fingerprint density at radius 1 is 1.06 bits per heavy atom. The molecular formula is C23H29N3O4S. The number of benzene rings is 1. The number of Topliss-reactive ketones (excluding diaryl/α,β-unsaturated/α-hetero) is 1. The van der Waals surface area contributed by atoms with E-state index in [1.807, 2.05) is 56.3 Å². The van der Waals surface area contributed by atoms with Crippen LogP contribution in [-0.2, 0) is 26.7 Å². The van der Waals surface area contributed by atoms with Crippen molar-refractivity contribution in [1.82, 2.24) is 15.6 Å². The molecular weight excluding hydrogens is 414 g/mol. The van der Waals surface area contributed by atoms with Gasteiger partial charge in [-0.3, -0.25) is 14.6 Å². The molecule has 0 fully saturated rings. The molecule has 2 N–H and O–H groups in total. The van der Waals surface area contributed by atoms with Crippen molar-refractivity contribution in [1.29, 1.82) is 0 Å². The average Bonchev–Trinajstić information content (AvgIpc) is 2.77. The minimum absolute atomic E-state index is 0.0752. The number of hydrogen-bond donors (Lipinski definition) is 2. The third-order valence-corrected chi connectivity index (χ3v) is 5.31. The van der Waals surface area contributed by atoms with Crippen molar-refractivity contribution in [3.8, 4) is 0 Å². The first-order valence-electron chi connectivity index (χ1n) is 10.2. The van der Waals surface area contributed by atoms with Crippen LogP contribution in [0.1, 0.15) is 31.4 Å². The molecule has 0 radical (unpaired) electrons. The summed E-state index contributed by atoms with van der Waals surface area (Å²) in [6.45, 7) is 3.96. The number of nitrogens with one attached hydrogen (secondary N) is 2. The first kappa shape index (κ1) is 24.4. The topological polar surface area (TPSA) is 97.4 Å². The minimum Gasteiger partial charge on any atom is -0.445 e. The van der Waals surface area contributed by atoms with E-state index < -0.39 is 18.0 Å². The van der Waals surface area contributed by atoms with Gasteiger partial charge >= 0.3 is 6.09 Å². The molecule has 0 saturated heterocycles. The van der Waals surface area contributed by atoms with Crippen molar-refractivity contribution in [2.75, 3.05) is 12.3 Å². The Balaban J connectivity index is 1.74. The van der Waals surface area contributed by atoms with Crippen LogP contribution in [-0.4, -0.2) is 41.1 Å². The highest BCUT2D eigenvalue weighted by Gasteiger charge is 2.23. The number of nitrogens with zero attached hydrogens (tertiary/aromatic N) is 1. The lowest BCUT2D eigenvalue weighted by molar-refractivity contribution is -0.126. The summed E-state index contributed by atoms with van der Waals surface area (Å²) in [7, 11) is 0. The van der Waals surface area contributed by atoms with E-state index in [0.29, 0.717) is 12.2 Å². The van der Waals surface area contributed by atoms with Gasteiger partial charge in [-0.1, -0.05) is 50.2 Å². The van der Waals surface area contributed by atoms with Gasteiger partial charge < -0.3 is 15.4 Å². The van der Waals surface area contributed by atoms with Gasteiger partial charge in [-0.25, -0.2) is 4.79 Å². The predicted octanol–water partition coefficient (Wildman–Crippen LogP) is 3.34. The van der Waals surface area contributed by atoms with E-state index in [2.05, 4.69) is 15.6 Å². The lowest BCUT2D eigenvalue weighted by Crippen LogP contribution is -2.48. The monoisotopic (exact) mass is 443 g/mol. The highest BCUT2D eigenvalue weighted by atomic mass is 32.2. The molecule has 1 heterocycles. The van der Waals surface area contributed by atoms with E-state index >= 15 is 0 Å². The lowest BCUT2D eigenvalue weighted by Gasteiger charge is -2.20. The Morgan fingerprint density at radius 3 is 2.48 bits per heavy atom. The number of aromatic nitrogens is 1. The predicted molar refractivity (Wildman–Crippen MR) is 121 cm³/mol. The molecule has 1 aromatic carbocycles. The fourth-order valence-electron chi connectivity index (χ4n) is 2.74. The third kappa shape index (κ3) is 10.1. The van der Waals surface area contributed by atoms with E-state index in [1.54, 1.807) is 12.4 Å². The number of hydrogen-bond acceptors (Lipinski definition) is 6. The fourth-order valence-corrected chi connectivity index (χ4v) is 3.57. The van der Waals surface area contributed by atoms with Gasteiger partial charge in [0.1, 0.15) is 12.6 Å². The summed E-state index contributed by atoms with van der Waals surface area (Å²) in [5, 5.41) is 5.24. The van der Waals surface area contributed by atoms with Crippen LogP contribution in [0.25, 0.3) is 0 Å². The van der Waals surface area contributed by atoms with Gasteiger partial charge in [0, 0.05) is 18.1 Å². The quantitative estimate of drug-likeness (QED) is 0.522. The summed E-state index contributed by atoms with van der Waals surface area (Å²) in [6, 6.07) is 12.3. The lowest BCUT2D eigenvalue weighted by atomic mass is 10.0. The largest absolute Gasteiger partial charge is 0.445 e. The van der Waals surface area contributed by atoms with E-state index in [9.17, 15) is 14.4 Å². The van der Waals surface area contributed by atoms with Crippen molar-refractivity contribution in [3.63, 3.8) is 0 Å². The van der Waals surface area contributed by atoms with Gasteiger partial charge in [0.25, 0.3) is 0 Å². The number of alkyl carbamates (subject to hydrolysis) is 1. The van der Waals surface area contributed by atoms with Crippen LogP contribution in [0.3, 0.4) is 0 Å². The molecule has 0 unspecified atom stereocenters. The second kappa shape index (κ2) is 13.4. The van der Waals surface area contributed by atoms with Gasteiger partial charge in [-0.15, -0.1) is 11.8 Å². The van der Waals surface area contributed by atoms with Crippen LogP contribution in [0.5, 0.6) is 0 Å². The Kier molecular flexibility index (Phi) is 10.6. The van der Waals surface area contributed by atoms with Crippen LogP contribution in [0.15, 0.2) is 54.9 Å². The first-order chi connectivity index (χ1) is 14.9. The molecule has 0 aliphatic carbocycles. The second-order valence-corrected chi connectivity index (χ2v) is 8.48. The molecule has 1 aromatic heterocycles. The van der Waals surface area contributed by atoms with Gasteiger partial charge in [0.15, 0.2) is 5.78 Å². The normalized spacial score (nSPS) is 11.6. The molecule has 0 saturated carbocycles. The van der Waals surface area contributed by atoms with Crippen LogP contribution in [0.2, 0.25) is 0 Å². The Bertz CT molecular complexity index is 831. The van der Waals surface area contributed by atoms with Crippen molar-refractivity contribution < 1.29 is 19.1 Å². The molecule has 2 amide bonds. The molecule has 0 aliphatic heterocycles. The fraction of sp³-hybridized carbons (Fsp3) is 0.391. The van der Waals surface area contributed by atoms with Gasteiger partial charge in [0.05, 0.1) is 12.3 Å². The summed E-state index contributed by atoms with van der Waals surface area (Å²) in [5.41, 5.74) is 1.90. The summed E-state index contributed by atoms with van der Waals surface area (Å²) < 4.78 is 5.21. The Labute approximate surface area is 187 Å². The summed E-state index contributed by atoms with van der Waals surface area (Å²) >= 11 is 1.47. The van der Waals surface area contributed by atoms with Crippen molar-refractivity contribution in [2.24, 2.45) is 5.92 Å². The zero-order valence-electron chi connectivity index (χ0n) is 17.9. The molecule has 7 nitrogen and oxygen atoms in total. The molecule has 0 bridgehead atoms. The highest BCUT2D eigenvalue weighted by molar-refractivity contribution is 7.99. The number of rotatable bonds is 12. The van der Waals surface area contributed by atoms with Crippen LogP contribution >= 0.6 is 11.8 Å². The zero-order chi connectivity index (χ0) is 22.5. The molecule has 8 heteroatoms. The smallest absolute Gasteiger partial charge is 0.408 e. The molecule has 2 aromatic rings. The zero-order valence-corrected chi connectivity index (χ0v) is 18.7. The van der Waals surface area contributed by atoms with Gasteiger partial charge in [-0.2, -0.15) is 0 Å². The number of ketones is 1. The molecule has 31 heavy (non-hydrogen) atoms. The first-order valence-corrected chi connectivity index (χ1v) is 11.3. The number of thioether (sulfide) groups is 1. The van der Waals surface area contributed by atoms with Crippen molar-refractivity contribution in [3.05, 3.63) is 66.0 Å². The highest BCUT2D eigenvalue weighted by Crippen LogP contribution is 2.11. The minimum atomic E-state index is -0.765. The number of carbonyl (C=O) groups excluding carboxylic acids is 3. The standard InChI is InChI=1S/C23H29N3O4S/c1-17(2)11-21(26-23(29)30-14-18-7-4-3-5-8-18)22(28)25-13-20(27)16-31-15-19-9-6-10-24-12-19/h3-10,12,17,21H,11,13-16H2,1-2H3,(H,25,28)(H,26,29)/t21-/m0/s1. The van der Waals surface area contributed by atoms with Crippen LogP contribution in [0, 0.1) is 5.92 Å². The number of amides is 2. The molecule has 1 atom stereocenters.